The van der Waals surface area contributed by atoms with Gasteiger partial charge in [0.05, 0.1) is 10.5 Å². The lowest BCUT2D eigenvalue weighted by Crippen LogP contribution is -2.54. The number of hydrogen-bond acceptors (Lipinski definition) is 4. The van der Waals surface area contributed by atoms with E-state index in [1.54, 1.807) is 18.7 Å². The van der Waals surface area contributed by atoms with E-state index in [0.29, 0.717) is 19.4 Å². The fraction of sp³-hybridized carbons (Fsp3) is 0.909. The van der Waals surface area contributed by atoms with Gasteiger partial charge in [-0.15, -0.1) is 0 Å². The molecule has 1 amide bonds. The SMILES string of the molecule is CC(N)CCC(=O)N1CCS(=O)(=O)C(C)(C)C1. The molecule has 0 radical (unpaired) electrons. The van der Waals surface area contributed by atoms with E-state index in [0.717, 1.165) is 0 Å². The molecule has 1 fully saturated rings. The smallest absolute Gasteiger partial charge is 0.222 e. The lowest BCUT2D eigenvalue weighted by Gasteiger charge is -2.37. The highest BCUT2D eigenvalue weighted by Crippen LogP contribution is 2.24. The van der Waals surface area contributed by atoms with Crippen LogP contribution < -0.4 is 5.73 Å². The van der Waals surface area contributed by atoms with Crippen LogP contribution in [0.5, 0.6) is 0 Å². The largest absolute Gasteiger partial charge is 0.340 e. The first-order valence-corrected chi connectivity index (χ1v) is 7.56. The van der Waals surface area contributed by atoms with Crippen LogP contribution in [0, 0.1) is 0 Å². The van der Waals surface area contributed by atoms with E-state index in [1.807, 2.05) is 6.92 Å². The fourth-order valence-corrected chi connectivity index (χ4v) is 3.23. The Hall–Kier alpha value is -0.620. The summed E-state index contributed by atoms with van der Waals surface area (Å²) in [5.74, 6) is 0.0643. The molecule has 100 valence electrons. The Morgan fingerprint density at radius 1 is 1.47 bits per heavy atom. The first-order valence-electron chi connectivity index (χ1n) is 5.91. The van der Waals surface area contributed by atoms with Crippen LogP contribution in [-0.4, -0.2) is 48.9 Å². The highest BCUT2D eigenvalue weighted by Gasteiger charge is 2.41. The Morgan fingerprint density at radius 3 is 2.53 bits per heavy atom. The van der Waals surface area contributed by atoms with Crippen LogP contribution in [0.15, 0.2) is 0 Å². The molecule has 1 aliphatic rings. The van der Waals surface area contributed by atoms with E-state index in [9.17, 15) is 13.2 Å². The average Bonchev–Trinajstić information content (AvgIpc) is 2.18. The summed E-state index contributed by atoms with van der Waals surface area (Å²) in [4.78, 5) is 13.5. The second-order valence-electron chi connectivity index (χ2n) is 5.41. The van der Waals surface area contributed by atoms with Crippen molar-refractivity contribution in [1.29, 1.82) is 0 Å². The molecule has 1 unspecified atom stereocenters. The first-order chi connectivity index (χ1) is 7.66. The van der Waals surface area contributed by atoms with Gasteiger partial charge in [0.2, 0.25) is 5.91 Å². The molecule has 0 spiro atoms. The second kappa shape index (κ2) is 4.94. The van der Waals surface area contributed by atoms with Crippen LogP contribution in [0.2, 0.25) is 0 Å². The molecule has 2 N–H and O–H groups in total. The van der Waals surface area contributed by atoms with Gasteiger partial charge in [0.1, 0.15) is 0 Å². The lowest BCUT2D eigenvalue weighted by molar-refractivity contribution is -0.131. The van der Waals surface area contributed by atoms with Crippen LogP contribution >= 0.6 is 0 Å². The Kier molecular flexibility index (Phi) is 4.19. The average molecular weight is 262 g/mol. The van der Waals surface area contributed by atoms with Gasteiger partial charge in [-0.2, -0.15) is 0 Å². The molecule has 1 atom stereocenters. The maximum atomic E-state index is 11.9. The minimum atomic E-state index is -3.08. The summed E-state index contributed by atoms with van der Waals surface area (Å²) in [5, 5.41) is 0. The highest BCUT2D eigenvalue weighted by molar-refractivity contribution is 7.92. The summed E-state index contributed by atoms with van der Waals surface area (Å²) < 4.78 is 22.7. The maximum Gasteiger partial charge on any atom is 0.222 e. The van der Waals surface area contributed by atoms with Crippen molar-refractivity contribution < 1.29 is 13.2 Å². The molecule has 0 aromatic heterocycles. The van der Waals surface area contributed by atoms with Gasteiger partial charge in [-0.05, 0) is 27.2 Å². The third kappa shape index (κ3) is 3.42. The number of carbonyl (C=O) groups excluding carboxylic acids is 1. The molecule has 1 heterocycles. The Labute approximate surface area is 103 Å². The Morgan fingerprint density at radius 2 is 2.06 bits per heavy atom. The minimum absolute atomic E-state index is 0.000448. The van der Waals surface area contributed by atoms with E-state index in [-0.39, 0.29) is 24.2 Å². The normalized spacial score (nSPS) is 24.4. The number of sulfone groups is 1. The molecule has 0 bridgehead atoms. The molecule has 0 aromatic carbocycles. The summed E-state index contributed by atoms with van der Waals surface area (Å²) in [6.07, 6.45) is 1.04. The van der Waals surface area contributed by atoms with Gasteiger partial charge in [-0.25, -0.2) is 8.42 Å². The van der Waals surface area contributed by atoms with Gasteiger partial charge in [0.15, 0.2) is 9.84 Å². The van der Waals surface area contributed by atoms with Crippen molar-refractivity contribution in [2.75, 3.05) is 18.8 Å². The summed E-state index contributed by atoms with van der Waals surface area (Å²) in [5.41, 5.74) is 5.60. The van der Waals surface area contributed by atoms with Crippen LogP contribution in [0.1, 0.15) is 33.6 Å². The van der Waals surface area contributed by atoms with Crippen molar-refractivity contribution in [3.63, 3.8) is 0 Å². The van der Waals surface area contributed by atoms with E-state index in [4.69, 9.17) is 5.73 Å². The van der Waals surface area contributed by atoms with Crippen molar-refractivity contribution >= 4 is 15.7 Å². The van der Waals surface area contributed by atoms with Crippen LogP contribution in [-0.2, 0) is 14.6 Å². The van der Waals surface area contributed by atoms with Gasteiger partial charge < -0.3 is 10.6 Å². The molecule has 17 heavy (non-hydrogen) atoms. The molecule has 0 saturated carbocycles. The Bertz CT molecular complexity index is 388. The maximum absolute atomic E-state index is 11.9. The van der Waals surface area contributed by atoms with E-state index in [1.165, 1.54) is 0 Å². The Balaban J connectivity index is 2.62. The number of nitrogens with zero attached hydrogens (tertiary/aromatic N) is 1. The van der Waals surface area contributed by atoms with Crippen LogP contribution in [0.4, 0.5) is 0 Å². The van der Waals surface area contributed by atoms with E-state index < -0.39 is 14.6 Å². The van der Waals surface area contributed by atoms with Gasteiger partial charge in [0, 0.05) is 25.6 Å². The predicted molar refractivity (Wildman–Crippen MR) is 67.3 cm³/mol. The minimum Gasteiger partial charge on any atom is -0.340 e. The quantitative estimate of drug-likeness (QED) is 0.785. The molecular weight excluding hydrogens is 240 g/mol. The van der Waals surface area contributed by atoms with Crippen LogP contribution in [0.3, 0.4) is 0 Å². The molecule has 1 rings (SSSR count). The molecule has 0 aromatic rings. The zero-order valence-electron chi connectivity index (χ0n) is 10.8. The number of carbonyl (C=O) groups is 1. The van der Waals surface area contributed by atoms with E-state index in [2.05, 4.69) is 0 Å². The zero-order chi connectivity index (χ0) is 13.3. The monoisotopic (exact) mass is 262 g/mol. The van der Waals surface area contributed by atoms with Crippen molar-refractivity contribution in [3.05, 3.63) is 0 Å². The van der Waals surface area contributed by atoms with Crippen molar-refractivity contribution in [2.45, 2.75) is 44.4 Å². The first kappa shape index (κ1) is 14.4. The number of rotatable bonds is 3. The van der Waals surface area contributed by atoms with Gasteiger partial charge in [-0.1, -0.05) is 0 Å². The van der Waals surface area contributed by atoms with Crippen molar-refractivity contribution in [1.82, 2.24) is 4.90 Å². The molecule has 5 nitrogen and oxygen atoms in total. The molecule has 1 saturated heterocycles. The summed E-state index contributed by atoms with van der Waals surface area (Å²) in [7, 11) is -3.08. The summed E-state index contributed by atoms with van der Waals surface area (Å²) in [6, 6.07) is 0.000448. The molecule has 1 aliphatic heterocycles. The third-order valence-corrected chi connectivity index (χ3v) is 5.74. The zero-order valence-corrected chi connectivity index (χ0v) is 11.6. The van der Waals surface area contributed by atoms with Gasteiger partial charge in [0.25, 0.3) is 0 Å². The summed E-state index contributed by atoms with van der Waals surface area (Å²) >= 11 is 0. The summed E-state index contributed by atoms with van der Waals surface area (Å²) in [6.45, 7) is 5.80. The topological polar surface area (TPSA) is 80.5 Å². The van der Waals surface area contributed by atoms with Gasteiger partial charge >= 0.3 is 0 Å². The number of nitrogens with two attached hydrogens (primary N) is 1. The molecule has 6 heteroatoms. The van der Waals surface area contributed by atoms with Crippen LogP contribution in [0.25, 0.3) is 0 Å². The fourth-order valence-electron chi connectivity index (χ4n) is 1.87. The van der Waals surface area contributed by atoms with E-state index >= 15 is 0 Å². The molecular formula is C11H22N2O3S. The third-order valence-electron chi connectivity index (χ3n) is 3.21. The second-order valence-corrected chi connectivity index (χ2v) is 8.15. The van der Waals surface area contributed by atoms with Crippen molar-refractivity contribution in [2.24, 2.45) is 5.73 Å². The lowest BCUT2D eigenvalue weighted by atomic mass is 10.1. The van der Waals surface area contributed by atoms with Crippen molar-refractivity contribution in [3.8, 4) is 0 Å². The standard InChI is InChI=1S/C11H22N2O3S/c1-9(12)4-5-10(14)13-6-7-17(15,16)11(2,3)8-13/h9H,4-8,12H2,1-3H3. The highest BCUT2D eigenvalue weighted by atomic mass is 32.2. The van der Waals surface area contributed by atoms with Gasteiger partial charge in [-0.3, -0.25) is 4.79 Å². The molecule has 0 aliphatic carbocycles. The number of hydrogen-bond donors (Lipinski definition) is 1. The predicted octanol–water partition coefficient (Wildman–Crippen LogP) is 0.149. The number of amides is 1.